The molecule has 1 heterocycles. The standard InChI is InChI=1S/C31H49NO3/c1-20(2)29(33)11-6-21(3)26-9-10-27-25-8-7-22-18-23(34-19-24-14-17-32-35-24)12-15-30(22,4)28(25)13-16-31(26,27)5/h7,14,17,20-21,23,25-29,33H,6,8-13,15-16,18-19H2,1-5H3/t21-,23+,25+,26-,27+,28+,29-,30+,31-/m1/s1. The monoisotopic (exact) mass is 483 g/mol. The van der Waals surface area contributed by atoms with E-state index in [1.165, 1.54) is 44.9 Å². The number of rotatable bonds is 8. The Kier molecular flexibility index (Phi) is 7.27. The van der Waals surface area contributed by atoms with E-state index >= 15 is 0 Å². The Morgan fingerprint density at radius 2 is 1.91 bits per heavy atom. The van der Waals surface area contributed by atoms with Gasteiger partial charge in [0.05, 0.1) is 18.4 Å². The number of hydrogen-bond donors (Lipinski definition) is 1. The predicted molar refractivity (Wildman–Crippen MR) is 140 cm³/mol. The van der Waals surface area contributed by atoms with Crippen molar-refractivity contribution in [3.05, 3.63) is 29.7 Å². The van der Waals surface area contributed by atoms with Gasteiger partial charge in [0, 0.05) is 6.07 Å². The van der Waals surface area contributed by atoms with Crippen LogP contribution in [-0.2, 0) is 11.3 Å². The number of aliphatic hydroxyl groups is 1. The Labute approximate surface area is 213 Å². The number of ether oxygens (including phenoxy) is 1. The fourth-order valence-electron chi connectivity index (χ4n) is 9.23. The molecule has 1 N–H and O–H groups in total. The van der Waals surface area contributed by atoms with E-state index in [2.05, 4.69) is 45.9 Å². The molecule has 0 unspecified atom stereocenters. The SMILES string of the molecule is CC(C)[C@H](O)CC[C@@H](C)[C@H]1CC[C@H]2[C@@H]3CC=C4C[C@@H](OCc5ccno5)CC[C@]4(C)[C@H]3CC[C@]12C. The molecular formula is C31H49NO3. The molecule has 3 saturated carbocycles. The first-order chi connectivity index (χ1) is 16.7. The zero-order valence-electron chi connectivity index (χ0n) is 22.8. The Bertz CT molecular complexity index is 878. The van der Waals surface area contributed by atoms with Crippen molar-refractivity contribution in [2.75, 3.05) is 0 Å². The van der Waals surface area contributed by atoms with Crippen LogP contribution < -0.4 is 0 Å². The van der Waals surface area contributed by atoms with E-state index in [1.807, 2.05) is 6.07 Å². The highest BCUT2D eigenvalue weighted by molar-refractivity contribution is 5.25. The first-order valence-corrected chi connectivity index (χ1v) is 14.6. The number of aliphatic hydroxyl groups excluding tert-OH is 1. The number of fused-ring (bicyclic) bond motifs is 5. The zero-order chi connectivity index (χ0) is 24.8. The van der Waals surface area contributed by atoms with E-state index in [-0.39, 0.29) is 6.10 Å². The first-order valence-electron chi connectivity index (χ1n) is 14.6. The lowest BCUT2D eigenvalue weighted by Crippen LogP contribution is -2.51. The van der Waals surface area contributed by atoms with Crippen LogP contribution in [0.5, 0.6) is 0 Å². The number of hydrogen-bond acceptors (Lipinski definition) is 4. The third-order valence-corrected chi connectivity index (χ3v) is 11.5. The van der Waals surface area contributed by atoms with Crippen LogP contribution in [-0.4, -0.2) is 22.5 Å². The first kappa shape index (κ1) is 25.5. The topological polar surface area (TPSA) is 55.5 Å². The van der Waals surface area contributed by atoms with Crippen molar-refractivity contribution in [3.8, 4) is 0 Å². The fraction of sp³-hybridized carbons (Fsp3) is 0.839. The maximum absolute atomic E-state index is 10.4. The molecule has 4 aliphatic rings. The lowest BCUT2D eigenvalue weighted by Gasteiger charge is -2.58. The van der Waals surface area contributed by atoms with Gasteiger partial charge in [0.1, 0.15) is 6.61 Å². The zero-order valence-corrected chi connectivity index (χ0v) is 22.8. The third-order valence-electron chi connectivity index (χ3n) is 11.5. The molecule has 35 heavy (non-hydrogen) atoms. The summed E-state index contributed by atoms with van der Waals surface area (Å²) in [6.45, 7) is 12.5. The van der Waals surface area contributed by atoms with E-state index < -0.39 is 0 Å². The van der Waals surface area contributed by atoms with Gasteiger partial charge in [0.15, 0.2) is 5.76 Å². The van der Waals surface area contributed by atoms with Crippen LogP contribution in [0.1, 0.15) is 105 Å². The van der Waals surface area contributed by atoms with Crippen molar-refractivity contribution in [1.29, 1.82) is 0 Å². The van der Waals surface area contributed by atoms with Gasteiger partial charge in [-0.15, -0.1) is 0 Å². The van der Waals surface area contributed by atoms with Crippen molar-refractivity contribution in [1.82, 2.24) is 5.16 Å². The second-order valence-corrected chi connectivity index (χ2v) is 13.5. The molecule has 0 aromatic carbocycles. The minimum absolute atomic E-state index is 0.144. The molecule has 0 bridgehead atoms. The van der Waals surface area contributed by atoms with Gasteiger partial charge in [-0.25, -0.2) is 0 Å². The highest BCUT2D eigenvalue weighted by Gasteiger charge is 2.59. The molecule has 0 spiro atoms. The summed E-state index contributed by atoms with van der Waals surface area (Å²) in [7, 11) is 0. The molecule has 0 radical (unpaired) electrons. The van der Waals surface area contributed by atoms with Crippen LogP contribution in [0.25, 0.3) is 0 Å². The van der Waals surface area contributed by atoms with Crippen molar-refractivity contribution in [3.63, 3.8) is 0 Å². The second-order valence-electron chi connectivity index (χ2n) is 13.5. The summed E-state index contributed by atoms with van der Waals surface area (Å²) >= 11 is 0. The molecule has 9 atom stereocenters. The Hall–Kier alpha value is -1.13. The van der Waals surface area contributed by atoms with Gasteiger partial charge in [-0.3, -0.25) is 0 Å². The van der Waals surface area contributed by atoms with Gasteiger partial charge in [0.2, 0.25) is 0 Å². The molecular weight excluding hydrogens is 434 g/mol. The van der Waals surface area contributed by atoms with Crippen molar-refractivity contribution >= 4 is 0 Å². The molecule has 0 amide bonds. The average Bonchev–Trinajstić information content (AvgIpc) is 3.48. The summed E-state index contributed by atoms with van der Waals surface area (Å²) < 4.78 is 11.5. The quantitative estimate of drug-likeness (QED) is 0.387. The smallest absolute Gasteiger partial charge is 0.162 e. The van der Waals surface area contributed by atoms with Crippen LogP contribution in [0, 0.1) is 46.3 Å². The van der Waals surface area contributed by atoms with Crippen molar-refractivity contribution < 1.29 is 14.4 Å². The van der Waals surface area contributed by atoms with Gasteiger partial charge in [-0.1, -0.05) is 51.4 Å². The molecule has 4 nitrogen and oxygen atoms in total. The molecule has 0 aliphatic heterocycles. The Morgan fingerprint density at radius 3 is 2.66 bits per heavy atom. The summed E-state index contributed by atoms with van der Waals surface area (Å²) in [4.78, 5) is 0. The highest BCUT2D eigenvalue weighted by atomic mass is 16.5. The second kappa shape index (κ2) is 9.97. The van der Waals surface area contributed by atoms with Crippen LogP contribution in [0.3, 0.4) is 0 Å². The number of aromatic nitrogens is 1. The molecule has 4 heteroatoms. The van der Waals surface area contributed by atoms with Gasteiger partial charge >= 0.3 is 0 Å². The maximum Gasteiger partial charge on any atom is 0.162 e. The summed E-state index contributed by atoms with van der Waals surface area (Å²) in [5, 5.41) is 14.2. The largest absolute Gasteiger partial charge is 0.393 e. The molecule has 3 fully saturated rings. The predicted octanol–water partition coefficient (Wildman–Crippen LogP) is 7.57. The van der Waals surface area contributed by atoms with Gasteiger partial charge in [0.25, 0.3) is 0 Å². The summed E-state index contributed by atoms with van der Waals surface area (Å²) in [6, 6.07) is 1.90. The minimum Gasteiger partial charge on any atom is -0.393 e. The molecule has 0 saturated heterocycles. The van der Waals surface area contributed by atoms with Crippen LogP contribution in [0.15, 0.2) is 28.4 Å². The van der Waals surface area contributed by atoms with E-state index in [0.717, 1.165) is 54.6 Å². The molecule has 4 aliphatic carbocycles. The minimum atomic E-state index is -0.144. The highest BCUT2D eigenvalue weighted by Crippen LogP contribution is 2.67. The maximum atomic E-state index is 10.4. The van der Waals surface area contributed by atoms with Crippen LogP contribution in [0.2, 0.25) is 0 Å². The molecule has 1 aromatic heterocycles. The lowest BCUT2D eigenvalue weighted by atomic mass is 9.47. The van der Waals surface area contributed by atoms with Crippen molar-refractivity contribution in [2.45, 2.75) is 118 Å². The van der Waals surface area contributed by atoms with Crippen molar-refractivity contribution in [2.24, 2.45) is 46.3 Å². The molecule has 1 aromatic rings. The van der Waals surface area contributed by atoms with E-state index in [0.29, 0.717) is 29.5 Å². The normalized spacial score (nSPS) is 40.5. The molecule has 196 valence electrons. The number of nitrogens with zero attached hydrogens (tertiary/aromatic N) is 1. The van der Waals surface area contributed by atoms with Gasteiger partial charge in [-0.2, -0.15) is 0 Å². The molecule has 5 rings (SSSR count). The van der Waals surface area contributed by atoms with Crippen LogP contribution >= 0.6 is 0 Å². The van der Waals surface area contributed by atoms with Gasteiger partial charge in [-0.05, 0) is 111 Å². The number of allylic oxidation sites excluding steroid dienone is 1. The lowest BCUT2D eigenvalue weighted by molar-refractivity contribution is -0.0673. The summed E-state index contributed by atoms with van der Waals surface area (Å²) in [5.41, 5.74) is 2.53. The van der Waals surface area contributed by atoms with Gasteiger partial charge < -0.3 is 14.4 Å². The Balaban J connectivity index is 1.24. The summed E-state index contributed by atoms with van der Waals surface area (Å²) in [5.74, 6) is 5.31. The average molecular weight is 484 g/mol. The van der Waals surface area contributed by atoms with Crippen LogP contribution in [0.4, 0.5) is 0 Å². The fourth-order valence-corrected chi connectivity index (χ4v) is 9.23. The summed E-state index contributed by atoms with van der Waals surface area (Å²) in [6.07, 6.45) is 17.0. The van der Waals surface area contributed by atoms with E-state index in [1.54, 1.807) is 11.8 Å². The van der Waals surface area contributed by atoms with E-state index in [9.17, 15) is 5.11 Å². The third kappa shape index (κ3) is 4.67. The Morgan fingerprint density at radius 1 is 1.09 bits per heavy atom. The van der Waals surface area contributed by atoms with E-state index in [4.69, 9.17) is 9.26 Å².